The van der Waals surface area contributed by atoms with E-state index in [1.165, 1.54) is 0 Å². The maximum absolute atomic E-state index is 8.79. The number of hydrogen-bond donors (Lipinski definition) is 3. The predicted molar refractivity (Wildman–Crippen MR) is 83.5 cm³/mol. The summed E-state index contributed by atoms with van der Waals surface area (Å²) in [5, 5.41) is 15.9. The maximum Gasteiger partial charge on any atom is 0.189 e. The zero-order valence-corrected chi connectivity index (χ0v) is 12.4. The number of amidine groups is 1. The summed E-state index contributed by atoms with van der Waals surface area (Å²) in [6.07, 6.45) is 1.61. The fourth-order valence-electron chi connectivity index (χ4n) is 2.06. The van der Waals surface area contributed by atoms with Crippen molar-refractivity contribution in [3.63, 3.8) is 0 Å². The molecule has 0 aliphatic heterocycles. The fraction of sp³-hybridized carbons (Fsp3) is 0.200. The summed E-state index contributed by atoms with van der Waals surface area (Å²) < 4.78 is 0. The van der Waals surface area contributed by atoms with Crippen LogP contribution in [0.2, 0.25) is 5.02 Å². The Bertz CT molecular complexity index is 645. The number of rotatable bonds is 5. The smallest absolute Gasteiger partial charge is 0.189 e. The van der Waals surface area contributed by atoms with Crippen LogP contribution >= 0.6 is 11.6 Å². The first-order valence-corrected chi connectivity index (χ1v) is 6.91. The van der Waals surface area contributed by atoms with Gasteiger partial charge in [0.15, 0.2) is 5.84 Å². The number of halogens is 1. The molecule has 0 fully saturated rings. The molecule has 0 saturated heterocycles. The molecule has 5 nitrogen and oxygen atoms in total. The molecule has 1 heterocycles. The van der Waals surface area contributed by atoms with Crippen LogP contribution in [0, 0.1) is 0 Å². The van der Waals surface area contributed by atoms with Crippen molar-refractivity contribution < 1.29 is 5.21 Å². The van der Waals surface area contributed by atoms with E-state index >= 15 is 0 Å². The highest BCUT2D eigenvalue weighted by Gasteiger charge is 2.12. The molecule has 0 aliphatic carbocycles. The zero-order chi connectivity index (χ0) is 15.2. The molecule has 1 aromatic carbocycles. The van der Waals surface area contributed by atoms with Gasteiger partial charge in [0.25, 0.3) is 0 Å². The van der Waals surface area contributed by atoms with Crippen LogP contribution in [0.1, 0.15) is 29.8 Å². The monoisotopic (exact) mass is 304 g/mol. The Morgan fingerprint density at radius 1 is 1.38 bits per heavy atom. The third-order valence-electron chi connectivity index (χ3n) is 3.21. The van der Waals surface area contributed by atoms with Crippen LogP contribution in [0.4, 0.5) is 0 Å². The Morgan fingerprint density at radius 3 is 2.86 bits per heavy atom. The summed E-state index contributed by atoms with van der Waals surface area (Å²) >= 11 is 6.18. The van der Waals surface area contributed by atoms with Gasteiger partial charge in [0.1, 0.15) is 5.69 Å². The van der Waals surface area contributed by atoms with Gasteiger partial charge in [-0.1, -0.05) is 41.0 Å². The lowest BCUT2D eigenvalue weighted by Crippen LogP contribution is -2.23. The molecule has 1 atom stereocenters. The van der Waals surface area contributed by atoms with Crippen LogP contribution < -0.4 is 11.1 Å². The molecule has 21 heavy (non-hydrogen) atoms. The van der Waals surface area contributed by atoms with Gasteiger partial charge < -0.3 is 16.3 Å². The SMILES string of the molecule is C[C@@H](NCc1cccnc1/C(N)=N/O)c1ccccc1Cl. The lowest BCUT2D eigenvalue weighted by Gasteiger charge is -2.16. The Labute approximate surface area is 128 Å². The van der Waals surface area contributed by atoms with Gasteiger partial charge in [-0.25, -0.2) is 0 Å². The van der Waals surface area contributed by atoms with Gasteiger partial charge in [-0.05, 0) is 30.2 Å². The minimum atomic E-state index is -0.00204. The first-order chi connectivity index (χ1) is 10.1. The van der Waals surface area contributed by atoms with Crippen molar-refractivity contribution in [2.24, 2.45) is 10.9 Å². The summed E-state index contributed by atoms with van der Waals surface area (Å²) in [5.41, 5.74) is 7.97. The number of aromatic nitrogens is 1. The Hall–Kier alpha value is -2.11. The molecule has 0 saturated carbocycles. The summed E-state index contributed by atoms with van der Waals surface area (Å²) in [7, 11) is 0. The molecular weight excluding hydrogens is 288 g/mol. The highest BCUT2D eigenvalue weighted by atomic mass is 35.5. The van der Waals surface area contributed by atoms with Gasteiger partial charge >= 0.3 is 0 Å². The van der Waals surface area contributed by atoms with Crippen LogP contribution in [-0.2, 0) is 6.54 Å². The average Bonchev–Trinajstić information content (AvgIpc) is 2.52. The van der Waals surface area contributed by atoms with Gasteiger partial charge in [0.05, 0.1) is 0 Å². The van der Waals surface area contributed by atoms with Crippen molar-refractivity contribution >= 4 is 17.4 Å². The van der Waals surface area contributed by atoms with E-state index in [1.807, 2.05) is 43.3 Å². The fourth-order valence-corrected chi connectivity index (χ4v) is 2.36. The first-order valence-electron chi connectivity index (χ1n) is 6.53. The first kappa shape index (κ1) is 15.3. The molecule has 0 aliphatic rings. The molecule has 0 radical (unpaired) electrons. The van der Waals surface area contributed by atoms with Gasteiger partial charge in [-0.3, -0.25) is 4.98 Å². The Kier molecular flexibility index (Phi) is 5.14. The van der Waals surface area contributed by atoms with Crippen LogP contribution in [0.25, 0.3) is 0 Å². The third kappa shape index (κ3) is 3.71. The van der Waals surface area contributed by atoms with Crippen LogP contribution in [0.5, 0.6) is 0 Å². The van der Waals surface area contributed by atoms with Gasteiger partial charge in [0.2, 0.25) is 0 Å². The van der Waals surface area contributed by atoms with E-state index in [9.17, 15) is 0 Å². The molecule has 0 unspecified atom stereocenters. The molecule has 4 N–H and O–H groups in total. The molecule has 0 bridgehead atoms. The van der Waals surface area contributed by atoms with E-state index in [0.29, 0.717) is 12.2 Å². The molecule has 2 rings (SSSR count). The summed E-state index contributed by atoms with van der Waals surface area (Å²) in [6.45, 7) is 2.56. The van der Waals surface area contributed by atoms with E-state index in [4.69, 9.17) is 22.5 Å². The normalized spacial score (nSPS) is 13.1. The molecule has 1 aromatic heterocycles. The molecular formula is C15H17ClN4O. The van der Waals surface area contributed by atoms with Crippen molar-refractivity contribution in [2.45, 2.75) is 19.5 Å². The molecule has 2 aromatic rings. The summed E-state index contributed by atoms with van der Waals surface area (Å²) in [6, 6.07) is 11.5. The second-order valence-corrected chi connectivity index (χ2v) is 5.03. The number of oxime groups is 1. The number of nitrogens with zero attached hydrogens (tertiary/aromatic N) is 2. The second-order valence-electron chi connectivity index (χ2n) is 4.62. The highest BCUT2D eigenvalue weighted by Crippen LogP contribution is 2.22. The molecule has 6 heteroatoms. The van der Waals surface area contributed by atoms with Crippen molar-refractivity contribution in [3.8, 4) is 0 Å². The predicted octanol–water partition coefficient (Wildman–Crippen LogP) is 2.68. The molecule has 110 valence electrons. The minimum Gasteiger partial charge on any atom is -0.409 e. The van der Waals surface area contributed by atoms with Crippen LogP contribution in [0.15, 0.2) is 47.8 Å². The Morgan fingerprint density at radius 2 is 2.14 bits per heavy atom. The number of pyridine rings is 1. The van der Waals surface area contributed by atoms with E-state index in [0.717, 1.165) is 16.1 Å². The lowest BCUT2D eigenvalue weighted by molar-refractivity contribution is 0.318. The van der Waals surface area contributed by atoms with Crippen molar-refractivity contribution in [2.75, 3.05) is 0 Å². The van der Waals surface area contributed by atoms with E-state index in [2.05, 4.69) is 15.5 Å². The summed E-state index contributed by atoms with van der Waals surface area (Å²) in [4.78, 5) is 4.14. The minimum absolute atomic E-state index is 0.00204. The lowest BCUT2D eigenvalue weighted by atomic mass is 10.1. The van der Waals surface area contributed by atoms with Gasteiger partial charge in [-0.15, -0.1) is 0 Å². The molecule has 0 amide bonds. The number of nitrogens with two attached hydrogens (primary N) is 1. The van der Waals surface area contributed by atoms with Crippen LogP contribution in [0.3, 0.4) is 0 Å². The van der Waals surface area contributed by atoms with Crippen molar-refractivity contribution in [1.82, 2.24) is 10.3 Å². The van der Waals surface area contributed by atoms with Gasteiger partial charge in [0, 0.05) is 23.8 Å². The summed E-state index contributed by atoms with van der Waals surface area (Å²) in [5.74, 6) is -0.00204. The van der Waals surface area contributed by atoms with E-state index in [-0.39, 0.29) is 11.9 Å². The maximum atomic E-state index is 8.79. The second kappa shape index (κ2) is 7.06. The number of benzene rings is 1. The largest absolute Gasteiger partial charge is 0.409 e. The van der Waals surface area contributed by atoms with E-state index < -0.39 is 0 Å². The standard InChI is InChI=1S/C15H17ClN4O/c1-10(12-6-2-3-7-13(12)16)19-9-11-5-4-8-18-14(11)15(17)20-21/h2-8,10,19,21H,9H2,1H3,(H2,17,20)/t10-/m1/s1. The zero-order valence-electron chi connectivity index (χ0n) is 11.6. The number of nitrogens with one attached hydrogen (secondary N) is 1. The van der Waals surface area contributed by atoms with Gasteiger partial charge in [-0.2, -0.15) is 0 Å². The Balaban J connectivity index is 2.12. The van der Waals surface area contributed by atoms with Crippen molar-refractivity contribution in [1.29, 1.82) is 0 Å². The van der Waals surface area contributed by atoms with Crippen molar-refractivity contribution in [3.05, 3.63) is 64.4 Å². The highest BCUT2D eigenvalue weighted by molar-refractivity contribution is 6.31. The van der Waals surface area contributed by atoms with E-state index in [1.54, 1.807) is 6.20 Å². The number of hydrogen-bond acceptors (Lipinski definition) is 4. The average molecular weight is 305 g/mol. The third-order valence-corrected chi connectivity index (χ3v) is 3.56. The van der Waals surface area contributed by atoms with Crippen LogP contribution in [-0.4, -0.2) is 16.0 Å². The molecule has 0 spiro atoms. The quantitative estimate of drug-likeness (QED) is 0.343. The topological polar surface area (TPSA) is 83.5 Å².